The number of nitrogens with zero attached hydrogens (tertiary/aromatic N) is 1. The molecule has 4 nitrogen and oxygen atoms in total. The fourth-order valence-corrected chi connectivity index (χ4v) is 1.65. The van der Waals surface area contributed by atoms with Crippen LogP contribution in [-0.4, -0.2) is 57.0 Å². The van der Waals surface area contributed by atoms with E-state index in [2.05, 4.69) is 18.7 Å². The molecule has 0 aliphatic heterocycles. The quantitative estimate of drug-likeness (QED) is 0.459. The first-order chi connectivity index (χ1) is 8.44. The van der Waals surface area contributed by atoms with Gasteiger partial charge in [0.1, 0.15) is 0 Å². The zero-order chi connectivity index (χ0) is 14.0. The summed E-state index contributed by atoms with van der Waals surface area (Å²) in [5, 5.41) is 0. The van der Waals surface area contributed by atoms with E-state index in [0.29, 0.717) is 4.99 Å². The monoisotopic (exact) mass is 276 g/mol. The average Bonchev–Trinajstić information content (AvgIpc) is 2.32. The van der Waals surface area contributed by atoms with Crippen molar-refractivity contribution in [3.63, 3.8) is 0 Å². The molecule has 108 valence electrons. The van der Waals surface area contributed by atoms with Gasteiger partial charge in [0.2, 0.25) is 0 Å². The highest BCUT2D eigenvalue weighted by Gasteiger charge is 2.22. The van der Waals surface area contributed by atoms with E-state index in [1.165, 1.54) is 0 Å². The number of thiocarbonyl (C=S) groups is 1. The second-order valence-corrected chi connectivity index (χ2v) is 5.62. The molecule has 0 aliphatic rings. The van der Waals surface area contributed by atoms with Gasteiger partial charge < -0.3 is 20.1 Å². The molecule has 0 atom stereocenters. The van der Waals surface area contributed by atoms with E-state index in [1.807, 2.05) is 0 Å². The topological polar surface area (TPSA) is 47.7 Å². The van der Waals surface area contributed by atoms with E-state index >= 15 is 0 Å². The van der Waals surface area contributed by atoms with Gasteiger partial charge in [-0.1, -0.05) is 26.1 Å². The van der Waals surface area contributed by atoms with Crippen LogP contribution in [0.15, 0.2) is 0 Å². The lowest BCUT2D eigenvalue weighted by molar-refractivity contribution is 0.128. The first-order valence-electron chi connectivity index (χ1n) is 6.44. The van der Waals surface area contributed by atoms with Crippen LogP contribution in [0.1, 0.15) is 26.7 Å². The summed E-state index contributed by atoms with van der Waals surface area (Å²) in [6.07, 6.45) is 2.01. The summed E-state index contributed by atoms with van der Waals surface area (Å²) in [6.45, 7) is 8.68. The zero-order valence-corrected chi connectivity index (χ0v) is 13.0. The van der Waals surface area contributed by atoms with E-state index in [-0.39, 0.29) is 5.41 Å². The lowest BCUT2D eigenvalue weighted by Crippen LogP contribution is -2.36. The van der Waals surface area contributed by atoms with E-state index < -0.39 is 0 Å². The molecular formula is C13H28N2O2S. The van der Waals surface area contributed by atoms with Crippen LogP contribution < -0.4 is 5.73 Å². The molecule has 0 heterocycles. The molecule has 0 radical (unpaired) electrons. The van der Waals surface area contributed by atoms with Crippen LogP contribution in [0, 0.1) is 5.41 Å². The molecule has 0 spiro atoms. The van der Waals surface area contributed by atoms with Crippen LogP contribution in [0.4, 0.5) is 0 Å². The van der Waals surface area contributed by atoms with Crippen molar-refractivity contribution in [1.82, 2.24) is 4.90 Å². The van der Waals surface area contributed by atoms with Gasteiger partial charge >= 0.3 is 0 Å². The van der Waals surface area contributed by atoms with E-state index in [1.54, 1.807) is 14.2 Å². The van der Waals surface area contributed by atoms with Crippen LogP contribution in [0.5, 0.6) is 0 Å². The third kappa shape index (κ3) is 7.97. The van der Waals surface area contributed by atoms with Crippen molar-refractivity contribution in [3.8, 4) is 0 Å². The van der Waals surface area contributed by atoms with Crippen LogP contribution >= 0.6 is 12.2 Å². The summed E-state index contributed by atoms with van der Waals surface area (Å²) in [6, 6.07) is 0. The summed E-state index contributed by atoms with van der Waals surface area (Å²) in [5.74, 6) is 0. The highest BCUT2D eigenvalue weighted by Crippen LogP contribution is 2.21. The maximum Gasteiger partial charge on any atom is 0.0784 e. The Kier molecular flexibility index (Phi) is 9.54. The van der Waals surface area contributed by atoms with E-state index in [0.717, 1.165) is 45.7 Å². The van der Waals surface area contributed by atoms with Gasteiger partial charge in [-0.25, -0.2) is 0 Å². The van der Waals surface area contributed by atoms with Crippen LogP contribution in [0.25, 0.3) is 0 Å². The highest BCUT2D eigenvalue weighted by molar-refractivity contribution is 7.80. The number of rotatable bonds is 11. The van der Waals surface area contributed by atoms with Gasteiger partial charge in [0.05, 0.1) is 11.6 Å². The molecular weight excluding hydrogens is 248 g/mol. The summed E-state index contributed by atoms with van der Waals surface area (Å²) >= 11 is 5.09. The predicted molar refractivity (Wildman–Crippen MR) is 80.0 cm³/mol. The Balaban J connectivity index is 4.09. The zero-order valence-electron chi connectivity index (χ0n) is 12.2. The summed E-state index contributed by atoms with van der Waals surface area (Å²) in [5.41, 5.74) is 5.67. The van der Waals surface area contributed by atoms with E-state index in [4.69, 9.17) is 27.4 Å². The Morgan fingerprint density at radius 3 is 2.22 bits per heavy atom. The molecule has 0 aromatic heterocycles. The lowest BCUT2D eigenvalue weighted by Gasteiger charge is -2.28. The fraction of sp³-hybridized carbons (Fsp3) is 0.923. The smallest absolute Gasteiger partial charge is 0.0784 e. The number of ether oxygens (including phenoxy) is 2. The minimum atomic E-state index is -0.0814. The summed E-state index contributed by atoms with van der Waals surface area (Å²) in [7, 11) is 3.46. The fourth-order valence-electron chi connectivity index (χ4n) is 1.55. The molecule has 0 rings (SSSR count). The Hall–Kier alpha value is -0.230. The maximum absolute atomic E-state index is 5.75. The molecule has 5 heteroatoms. The molecule has 0 aliphatic carbocycles. The Morgan fingerprint density at radius 1 is 1.11 bits per heavy atom. The molecule has 0 aromatic carbocycles. The largest absolute Gasteiger partial charge is 0.393 e. The number of hydrogen-bond donors (Lipinski definition) is 1. The molecule has 0 fully saturated rings. The second-order valence-electron chi connectivity index (χ2n) is 5.18. The normalized spacial score (nSPS) is 12.1. The van der Waals surface area contributed by atoms with Gasteiger partial charge in [0.25, 0.3) is 0 Å². The SMILES string of the molecule is COCCCN(CCOC)CCC(C)(C)C(N)=S. The molecule has 0 bridgehead atoms. The third-order valence-electron chi connectivity index (χ3n) is 3.15. The molecule has 18 heavy (non-hydrogen) atoms. The van der Waals surface area contributed by atoms with Crippen molar-refractivity contribution in [1.29, 1.82) is 0 Å². The van der Waals surface area contributed by atoms with Crippen molar-refractivity contribution >= 4 is 17.2 Å². The van der Waals surface area contributed by atoms with Gasteiger partial charge in [-0.2, -0.15) is 0 Å². The van der Waals surface area contributed by atoms with Crippen LogP contribution in [0.3, 0.4) is 0 Å². The van der Waals surface area contributed by atoms with Gasteiger partial charge in [-0.3, -0.25) is 0 Å². The number of methoxy groups -OCH3 is 2. The minimum Gasteiger partial charge on any atom is -0.393 e. The third-order valence-corrected chi connectivity index (χ3v) is 3.71. The van der Waals surface area contributed by atoms with Gasteiger partial charge in [-0.05, 0) is 19.4 Å². The summed E-state index contributed by atoms with van der Waals surface area (Å²) < 4.78 is 10.2. The first kappa shape index (κ1) is 17.8. The molecule has 0 aromatic rings. The Labute approximate surface area is 117 Å². The van der Waals surface area contributed by atoms with Gasteiger partial charge in [0.15, 0.2) is 0 Å². The van der Waals surface area contributed by atoms with Gasteiger partial charge in [-0.15, -0.1) is 0 Å². The Bertz CT molecular complexity index is 235. The van der Waals surface area contributed by atoms with Crippen LogP contribution in [-0.2, 0) is 9.47 Å². The van der Waals surface area contributed by atoms with Crippen molar-refractivity contribution in [2.75, 3.05) is 47.1 Å². The van der Waals surface area contributed by atoms with E-state index in [9.17, 15) is 0 Å². The van der Waals surface area contributed by atoms with Crippen molar-refractivity contribution in [2.24, 2.45) is 11.1 Å². The molecule has 0 amide bonds. The van der Waals surface area contributed by atoms with Gasteiger partial charge in [0, 0.05) is 39.3 Å². The lowest BCUT2D eigenvalue weighted by atomic mass is 9.89. The first-order valence-corrected chi connectivity index (χ1v) is 6.85. The van der Waals surface area contributed by atoms with Crippen LogP contribution in [0.2, 0.25) is 0 Å². The summed E-state index contributed by atoms with van der Waals surface area (Å²) in [4.78, 5) is 2.97. The molecule has 0 saturated carbocycles. The number of nitrogens with two attached hydrogens (primary N) is 1. The molecule has 0 saturated heterocycles. The molecule has 2 N–H and O–H groups in total. The highest BCUT2D eigenvalue weighted by atomic mass is 32.1. The molecule has 0 unspecified atom stereocenters. The van der Waals surface area contributed by atoms with Crippen molar-refractivity contribution < 1.29 is 9.47 Å². The Morgan fingerprint density at radius 2 is 1.72 bits per heavy atom. The predicted octanol–water partition coefficient (Wildman–Crippen LogP) is 1.67. The standard InChI is InChI=1S/C13H28N2O2S/c1-13(2,12(14)18)6-8-15(9-11-17-4)7-5-10-16-3/h5-11H2,1-4H3,(H2,14,18). The minimum absolute atomic E-state index is 0.0814. The second kappa shape index (κ2) is 9.67. The van der Waals surface area contributed by atoms with Crippen molar-refractivity contribution in [2.45, 2.75) is 26.7 Å². The number of hydrogen-bond acceptors (Lipinski definition) is 4. The van der Waals surface area contributed by atoms with Crippen molar-refractivity contribution in [3.05, 3.63) is 0 Å². The average molecular weight is 276 g/mol. The maximum atomic E-state index is 5.75.